The van der Waals surface area contributed by atoms with Gasteiger partial charge in [0.2, 0.25) is 5.91 Å². The van der Waals surface area contributed by atoms with E-state index in [0.29, 0.717) is 19.4 Å². The van der Waals surface area contributed by atoms with Gasteiger partial charge in [-0.2, -0.15) is 0 Å². The maximum atomic E-state index is 13.7. The van der Waals surface area contributed by atoms with Crippen LogP contribution < -0.4 is 0 Å². The molecule has 0 spiro atoms. The van der Waals surface area contributed by atoms with Crippen LogP contribution >= 0.6 is 0 Å². The molecule has 22 heavy (non-hydrogen) atoms. The summed E-state index contributed by atoms with van der Waals surface area (Å²) in [6.07, 6.45) is 2.95. The van der Waals surface area contributed by atoms with Crippen LogP contribution in [0.2, 0.25) is 0 Å². The first-order valence-electron chi connectivity index (χ1n) is 7.11. The van der Waals surface area contributed by atoms with Gasteiger partial charge in [-0.05, 0) is 18.6 Å². The Bertz CT molecular complexity index is 680. The molecule has 1 aromatic heterocycles. The molecule has 0 fully saturated rings. The third kappa shape index (κ3) is 2.70. The van der Waals surface area contributed by atoms with Gasteiger partial charge in [-0.25, -0.2) is 8.78 Å². The molecule has 0 bridgehead atoms. The molecule has 1 aliphatic rings. The second-order valence-electron chi connectivity index (χ2n) is 5.53. The van der Waals surface area contributed by atoms with Gasteiger partial charge in [-0.15, -0.1) is 10.2 Å². The number of rotatable bonds is 3. The molecule has 2 heterocycles. The van der Waals surface area contributed by atoms with E-state index in [0.717, 1.165) is 5.82 Å². The Morgan fingerprint density at radius 2 is 2.14 bits per heavy atom. The van der Waals surface area contributed by atoms with Crippen molar-refractivity contribution in [2.45, 2.75) is 25.9 Å². The summed E-state index contributed by atoms with van der Waals surface area (Å²) in [6.45, 7) is 0.425. The molecule has 2 aromatic rings. The molecule has 0 N–H and O–H groups in total. The third-order valence-corrected chi connectivity index (χ3v) is 4.01. The molecule has 0 radical (unpaired) electrons. The lowest BCUT2D eigenvalue weighted by Crippen LogP contribution is -2.37. The highest BCUT2D eigenvalue weighted by molar-refractivity contribution is 5.78. The summed E-state index contributed by atoms with van der Waals surface area (Å²) in [7, 11) is 1.57. The molecule has 1 unspecified atom stereocenters. The number of halogens is 2. The number of amides is 1. The largest absolute Gasteiger partial charge is 0.341 e. The standard InChI is InChI=1S/C15H16F2N4O/c1-20(8-11-12(16)3-2-4-13(11)17)15(22)10-5-6-14-19-18-9-21(14)7-10/h2-4,9-10H,5-8H2,1H3. The van der Waals surface area contributed by atoms with Crippen LogP contribution in [0, 0.1) is 17.6 Å². The quantitative estimate of drug-likeness (QED) is 0.868. The molecule has 3 rings (SSSR count). The summed E-state index contributed by atoms with van der Waals surface area (Å²) >= 11 is 0. The topological polar surface area (TPSA) is 51.0 Å². The van der Waals surface area contributed by atoms with Crippen LogP contribution in [0.1, 0.15) is 17.8 Å². The Labute approximate surface area is 126 Å². The average molecular weight is 306 g/mol. The number of aryl methyl sites for hydroxylation is 1. The highest BCUT2D eigenvalue weighted by atomic mass is 19.1. The van der Waals surface area contributed by atoms with E-state index in [-0.39, 0.29) is 23.9 Å². The van der Waals surface area contributed by atoms with Crippen LogP contribution in [0.3, 0.4) is 0 Å². The number of carbonyl (C=O) groups excluding carboxylic acids is 1. The fraction of sp³-hybridized carbons (Fsp3) is 0.400. The normalized spacial score (nSPS) is 17.1. The number of benzene rings is 1. The smallest absolute Gasteiger partial charge is 0.227 e. The predicted molar refractivity (Wildman–Crippen MR) is 74.7 cm³/mol. The van der Waals surface area contributed by atoms with E-state index in [1.54, 1.807) is 13.4 Å². The van der Waals surface area contributed by atoms with E-state index in [9.17, 15) is 13.6 Å². The van der Waals surface area contributed by atoms with E-state index in [1.165, 1.54) is 23.1 Å². The van der Waals surface area contributed by atoms with Crippen LogP contribution in [-0.4, -0.2) is 32.6 Å². The lowest BCUT2D eigenvalue weighted by molar-refractivity contribution is -0.135. The van der Waals surface area contributed by atoms with Crippen LogP contribution in [0.25, 0.3) is 0 Å². The zero-order valence-corrected chi connectivity index (χ0v) is 12.2. The van der Waals surface area contributed by atoms with Crippen molar-refractivity contribution in [1.29, 1.82) is 0 Å². The molecule has 116 valence electrons. The number of aromatic nitrogens is 3. The summed E-state index contributed by atoms with van der Waals surface area (Å²) < 4.78 is 29.2. The fourth-order valence-electron chi connectivity index (χ4n) is 2.77. The lowest BCUT2D eigenvalue weighted by atomic mass is 9.97. The molecule has 1 amide bonds. The molecular weight excluding hydrogens is 290 g/mol. The molecule has 1 aliphatic heterocycles. The second-order valence-corrected chi connectivity index (χ2v) is 5.53. The van der Waals surface area contributed by atoms with Crippen molar-refractivity contribution in [3.8, 4) is 0 Å². The van der Waals surface area contributed by atoms with Gasteiger partial charge in [0.05, 0.1) is 12.5 Å². The highest BCUT2D eigenvalue weighted by Crippen LogP contribution is 2.21. The predicted octanol–water partition coefficient (Wildman–Crippen LogP) is 1.78. The Balaban J connectivity index is 1.70. The molecule has 5 nitrogen and oxygen atoms in total. The first-order valence-corrected chi connectivity index (χ1v) is 7.11. The highest BCUT2D eigenvalue weighted by Gasteiger charge is 2.28. The van der Waals surface area contributed by atoms with Crippen molar-refractivity contribution < 1.29 is 13.6 Å². The minimum absolute atomic E-state index is 0.0805. The van der Waals surface area contributed by atoms with E-state index in [4.69, 9.17) is 0 Å². The molecule has 0 saturated carbocycles. The van der Waals surface area contributed by atoms with Crippen LogP contribution in [-0.2, 0) is 24.3 Å². The summed E-state index contributed by atoms with van der Waals surface area (Å²) in [6, 6.07) is 3.70. The van der Waals surface area contributed by atoms with Crippen LogP contribution in [0.5, 0.6) is 0 Å². The van der Waals surface area contributed by atoms with Gasteiger partial charge in [0, 0.05) is 25.6 Å². The Morgan fingerprint density at radius 1 is 1.41 bits per heavy atom. The third-order valence-electron chi connectivity index (χ3n) is 4.01. The molecule has 7 heteroatoms. The summed E-state index contributed by atoms with van der Waals surface area (Å²) in [5.74, 6) is -0.744. The Hall–Kier alpha value is -2.31. The average Bonchev–Trinajstić information content (AvgIpc) is 2.97. The zero-order valence-electron chi connectivity index (χ0n) is 12.2. The molecule has 1 aromatic carbocycles. The zero-order chi connectivity index (χ0) is 15.7. The van der Waals surface area contributed by atoms with Crippen molar-refractivity contribution >= 4 is 5.91 Å². The maximum Gasteiger partial charge on any atom is 0.227 e. The van der Waals surface area contributed by atoms with E-state index in [1.807, 2.05) is 4.57 Å². The van der Waals surface area contributed by atoms with E-state index < -0.39 is 11.6 Å². The first kappa shape index (κ1) is 14.6. The molecule has 1 atom stereocenters. The van der Waals surface area contributed by atoms with Crippen molar-refractivity contribution in [3.05, 3.63) is 47.5 Å². The van der Waals surface area contributed by atoms with Gasteiger partial charge in [-0.1, -0.05) is 6.07 Å². The van der Waals surface area contributed by atoms with Gasteiger partial charge in [0.15, 0.2) is 0 Å². The SMILES string of the molecule is CN(Cc1c(F)cccc1F)C(=O)C1CCc2nncn2C1. The summed E-state index contributed by atoms with van der Waals surface area (Å²) in [5.41, 5.74) is -0.0841. The second kappa shape index (κ2) is 5.82. The summed E-state index contributed by atoms with van der Waals surface area (Å²) in [5, 5.41) is 7.80. The van der Waals surface area contributed by atoms with Crippen molar-refractivity contribution in [3.63, 3.8) is 0 Å². The number of nitrogens with zero attached hydrogens (tertiary/aromatic N) is 4. The van der Waals surface area contributed by atoms with Gasteiger partial charge in [0.1, 0.15) is 23.8 Å². The van der Waals surface area contributed by atoms with Crippen LogP contribution in [0.4, 0.5) is 8.78 Å². The van der Waals surface area contributed by atoms with Gasteiger partial charge in [0.25, 0.3) is 0 Å². The van der Waals surface area contributed by atoms with Gasteiger partial charge >= 0.3 is 0 Å². The maximum absolute atomic E-state index is 13.7. The number of fused-ring (bicyclic) bond motifs is 1. The van der Waals surface area contributed by atoms with Gasteiger partial charge in [-0.3, -0.25) is 4.79 Å². The first-order chi connectivity index (χ1) is 10.6. The minimum Gasteiger partial charge on any atom is -0.341 e. The molecule has 0 aliphatic carbocycles. The number of hydrogen-bond acceptors (Lipinski definition) is 3. The number of hydrogen-bond donors (Lipinski definition) is 0. The monoisotopic (exact) mass is 306 g/mol. The summed E-state index contributed by atoms with van der Waals surface area (Å²) in [4.78, 5) is 13.9. The molecular formula is C15H16F2N4O. The number of carbonyl (C=O) groups is 1. The van der Waals surface area contributed by atoms with Crippen molar-refractivity contribution in [2.75, 3.05) is 7.05 Å². The Kier molecular flexibility index (Phi) is 3.87. The van der Waals surface area contributed by atoms with Crippen LogP contribution in [0.15, 0.2) is 24.5 Å². The minimum atomic E-state index is -0.635. The van der Waals surface area contributed by atoms with Gasteiger partial charge < -0.3 is 9.47 Å². The lowest BCUT2D eigenvalue weighted by Gasteiger charge is -2.27. The fourth-order valence-corrected chi connectivity index (χ4v) is 2.77. The van der Waals surface area contributed by atoms with E-state index >= 15 is 0 Å². The molecule has 0 saturated heterocycles. The van der Waals surface area contributed by atoms with E-state index in [2.05, 4.69) is 10.2 Å². The van der Waals surface area contributed by atoms with Crippen molar-refractivity contribution in [2.24, 2.45) is 5.92 Å². The van der Waals surface area contributed by atoms with Crippen molar-refractivity contribution in [1.82, 2.24) is 19.7 Å². The Morgan fingerprint density at radius 3 is 2.86 bits per heavy atom.